The highest BCUT2D eigenvalue weighted by Gasteiger charge is 1.83. The van der Waals surface area contributed by atoms with Crippen molar-refractivity contribution >= 4 is 11.9 Å². The van der Waals surface area contributed by atoms with Crippen molar-refractivity contribution in [2.45, 2.75) is 0 Å². The minimum absolute atomic E-state index is 0.284. The molecular weight excluding hydrogens is 180 g/mol. The van der Waals surface area contributed by atoms with Crippen molar-refractivity contribution in [2.24, 2.45) is 53.5 Å². The summed E-state index contributed by atoms with van der Waals surface area (Å²) in [5.41, 5.74) is 14.8. The van der Waals surface area contributed by atoms with Crippen molar-refractivity contribution in [1.82, 2.24) is 0 Å². The summed E-state index contributed by atoms with van der Waals surface area (Å²) in [6.45, 7) is 0. The minimum atomic E-state index is -0.408. The van der Waals surface area contributed by atoms with Crippen LogP contribution in [0.1, 0.15) is 0 Å². The van der Waals surface area contributed by atoms with E-state index in [9.17, 15) is 4.91 Å². The van der Waals surface area contributed by atoms with Gasteiger partial charge in [-0.1, -0.05) is 15.3 Å². The number of guanidine groups is 2. The van der Waals surface area contributed by atoms with Crippen LogP contribution < -0.4 is 17.2 Å². The van der Waals surface area contributed by atoms with E-state index >= 15 is 0 Å². The van der Waals surface area contributed by atoms with Crippen molar-refractivity contribution in [1.29, 1.82) is 0 Å². The number of nitroso groups, excluding NO2 is 1. The van der Waals surface area contributed by atoms with E-state index in [0.717, 1.165) is 0 Å². The lowest BCUT2D eigenvalue weighted by Gasteiger charge is -1.81. The quantitative estimate of drug-likeness (QED) is 0.168. The zero-order valence-corrected chi connectivity index (χ0v) is 6.27. The average molecular weight is 186 g/mol. The number of hydrogen-bond donors (Lipinski definition) is 3. The van der Waals surface area contributed by atoms with E-state index in [-0.39, 0.29) is 5.96 Å². The van der Waals surface area contributed by atoms with Crippen LogP contribution in [0.15, 0.2) is 36.3 Å². The molecule has 0 radical (unpaired) electrons. The molecule has 0 bridgehead atoms. The van der Waals surface area contributed by atoms with Gasteiger partial charge >= 0.3 is 0 Å². The van der Waals surface area contributed by atoms with Gasteiger partial charge in [0.2, 0.25) is 5.96 Å². The van der Waals surface area contributed by atoms with E-state index in [1.54, 1.807) is 0 Å². The van der Waals surface area contributed by atoms with Crippen molar-refractivity contribution in [3.63, 3.8) is 0 Å². The van der Waals surface area contributed by atoms with Crippen LogP contribution in [0.5, 0.6) is 0 Å². The monoisotopic (exact) mass is 186 g/mol. The fourth-order valence-electron chi connectivity index (χ4n) is 0.222. The summed E-state index contributed by atoms with van der Waals surface area (Å²) in [5, 5.41) is 19.9. The van der Waals surface area contributed by atoms with Crippen molar-refractivity contribution in [3.8, 4) is 0 Å². The zero-order valence-electron chi connectivity index (χ0n) is 6.27. The lowest BCUT2D eigenvalue weighted by atomic mass is 11.1. The molecule has 0 aromatic carbocycles. The van der Waals surface area contributed by atoms with Crippen LogP contribution in [0, 0.1) is 4.91 Å². The summed E-state index contributed by atoms with van der Waals surface area (Å²) in [6.07, 6.45) is 0. The number of nitrogens with two attached hydrogens (primary N) is 3. The van der Waals surface area contributed by atoms with Gasteiger partial charge in [-0.25, -0.2) is 0 Å². The highest BCUT2D eigenvalue weighted by Crippen LogP contribution is 1.81. The molecule has 0 aromatic heterocycles. The Kier molecular flexibility index (Phi) is 5.08. The van der Waals surface area contributed by atoms with Crippen LogP contribution in [0.25, 0.3) is 0 Å². The van der Waals surface area contributed by atoms with Crippen LogP contribution in [0.2, 0.25) is 0 Å². The first-order chi connectivity index (χ1) is 6.16. The Morgan fingerprint density at radius 3 is 2.08 bits per heavy atom. The van der Waals surface area contributed by atoms with Gasteiger partial charge in [0.1, 0.15) is 5.29 Å². The molecule has 13 heavy (non-hydrogen) atoms. The molecule has 70 valence electrons. The summed E-state index contributed by atoms with van der Waals surface area (Å²) in [7, 11) is 0. The normalized spacial score (nSPS) is 12.2. The molecule has 0 saturated heterocycles. The molecule has 0 aliphatic carbocycles. The molecule has 11 nitrogen and oxygen atoms in total. The Balaban J connectivity index is 4.10. The summed E-state index contributed by atoms with van der Waals surface area (Å²) >= 11 is 0. The van der Waals surface area contributed by atoms with Crippen LogP contribution in [-0.2, 0) is 0 Å². The largest absolute Gasteiger partial charge is 0.368 e. The molecule has 0 rings (SSSR count). The molecule has 0 amide bonds. The molecule has 0 aliphatic heterocycles. The van der Waals surface area contributed by atoms with E-state index in [2.05, 4.69) is 31.0 Å². The summed E-state index contributed by atoms with van der Waals surface area (Å²) in [4.78, 5) is 9.40. The van der Waals surface area contributed by atoms with Gasteiger partial charge in [-0.2, -0.15) is 0 Å². The Labute approximate surface area is 71.4 Å². The third-order valence-corrected chi connectivity index (χ3v) is 0.531. The molecule has 11 heteroatoms. The first-order valence-corrected chi connectivity index (χ1v) is 2.72. The molecule has 6 N–H and O–H groups in total. The second kappa shape index (κ2) is 6.26. The summed E-state index contributed by atoms with van der Waals surface area (Å²) in [5.74, 6) is -0.692. The Hall–Kier alpha value is -2.46. The van der Waals surface area contributed by atoms with Crippen molar-refractivity contribution in [3.05, 3.63) is 4.91 Å². The molecule has 0 aliphatic rings. The maximum atomic E-state index is 9.40. The van der Waals surface area contributed by atoms with Gasteiger partial charge in [0.15, 0.2) is 0 Å². The van der Waals surface area contributed by atoms with Crippen LogP contribution in [-0.4, -0.2) is 11.9 Å². The third kappa shape index (κ3) is 7.44. The molecular formula is C2H6N10O. The minimum Gasteiger partial charge on any atom is -0.368 e. The maximum Gasteiger partial charge on any atom is 0.263 e. The van der Waals surface area contributed by atoms with Gasteiger partial charge < -0.3 is 17.2 Å². The molecule has 0 aromatic rings. The Morgan fingerprint density at radius 2 is 1.54 bits per heavy atom. The smallest absolute Gasteiger partial charge is 0.263 e. The molecule has 0 atom stereocenters. The second-order valence-electron chi connectivity index (χ2n) is 1.43. The first kappa shape index (κ1) is 10.5. The predicted octanol–water partition coefficient (Wildman–Crippen LogP) is -1.01. The van der Waals surface area contributed by atoms with Crippen LogP contribution in [0.4, 0.5) is 0 Å². The predicted molar refractivity (Wildman–Crippen MR) is 42.9 cm³/mol. The van der Waals surface area contributed by atoms with E-state index in [4.69, 9.17) is 17.2 Å². The molecule has 0 unspecified atom stereocenters. The number of hydrogen-bond acceptors (Lipinski definition) is 3. The first-order valence-electron chi connectivity index (χ1n) is 2.72. The van der Waals surface area contributed by atoms with E-state index in [0.29, 0.717) is 0 Å². The van der Waals surface area contributed by atoms with Gasteiger partial charge in [0, 0.05) is 0 Å². The number of nitrogens with zero attached hydrogens (tertiary/aromatic N) is 7. The zero-order chi connectivity index (χ0) is 10.1. The number of rotatable bonds is 3. The van der Waals surface area contributed by atoms with Crippen LogP contribution >= 0.6 is 0 Å². The summed E-state index contributed by atoms with van der Waals surface area (Å²) in [6, 6.07) is 0. The lowest BCUT2D eigenvalue weighted by Crippen LogP contribution is -2.21. The second-order valence-corrected chi connectivity index (χ2v) is 1.43. The average Bonchev–Trinajstić information content (AvgIpc) is 2.08. The third-order valence-electron chi connectivity index (χ3n) is 0.531. The van der Waals surface area contributed by atoms with E-state index in [1.807, 2.05) is 5.29 Å². The van der Waals surface area contributed by atoms with Crippen LogP contribution in [0.3, 0.4) is 0 Å². The molecule has 0 spiro atoms. The molecule has 0 heterocycles. The fourth-order valence-corrected chi connectivity index (χ4v) is 0.222. The molecule has 0 fully saturated rings. The van der Waals surface area contributed by atoms with Gasteiger partial charge in [0.25, 0.3) is 5.96 Å². The van der Waals surface area contributed by atoms with Gasteiger partial charge in [-0.3, -0.25) is 0 Å². The Bertz CT molecular complexity index is 269. The van der Waals surface area contributed by atoms with E-state index in [1.165, 1.54) is 0 Å². The maximum absolute atomic E-state index is 9.40. The van der Waals surface area contributed by atoms with Crippen molar-refractivity contribution in [2.75, 3.05) is 0 Å². The Morgan fingerprint density at radius 1 is 0.923 bits per heavy atom. The highest BCUT2D eigenvalue weighted by atomic mass is 16.3. The van der Waals surface area contributed by atoms with Crippen molar-refractivity contribution < 1.29 is 0 Å². The van der Waals surface area contributed by atoms with E-state index < -0.39 is 5.96 Å². The fraction of sp³-hybridized carbons (Fsp3) is 0. The van der Waals surface area contributed by atoms with Gasteiger partial charge in [-0.15, -0.1) is 4.91 Å². The lowest BCUT2D eigenvalue weighted by molar-refractivity contribution is 0.936. The SMILES string of the molecule is NC(N)=N/N=N/N=C(/N)N=NN=O. The van der Waals surface area contributed by atoms with Gasteiger partial charge in [0.05, 0.1) is 0 Å². The standard InChI is InChI=1S/C2H6N10O/c3-1(4)6-9-10-7-2(5)8-11-12-13/h(H2,5,7,9)(H4,3,4,6,10). The molecule has 0 saturated carbocycles. The topological polar surface area (TPSA) is 182 Å². The summed E-state index contributed by atoms with van der Waals surface area (Å²) < 4.78 is 0. The highest BCUT2D eigenvalue weighted by molar-refractivity contribution is 5.77. The van der Waals surface area contributed by atoms with Gasteiger partial charge in [-0.05, 0) is 15.7 Å².